The van der Waals surface area contributed by atoms with Gasteiger partial charge in [-0.1, -0.05) is 66.7 Å². The van der Waals surface area contributed by atoms with Crippen LogP contribution in [0.1, 0.15) is 24.0 Å². The molecule has 3 N–H and O–H groups in total. The van der Waals surface area contributed by atoms with Crippen LogP contribution in [0, 0.1) is 3.57 Å². The van der Waals surface area contributed by atoms with E-state index < -0.39 is 18.6 Å². The van der Waals surface area contributed by atoms with Crippen LogP contribution >= 0.6 is 22.6 Å². The normalized spacial score (nSPS) is 12.3. The van der Waals surface area contributed by atoms with Crippen molar-refractivity contribution in [1.82, 2.24) is 10.6 Å². The maximum Gasteiger partial charge on any atom is 0.245 e. The van der Waals surface area contributed by atoms with Gasteiger partial charge in [0.15, 0.2) is 0 Å². The number of aliphatic hydroxyl groups is 1. The van der Waals surface area contributed by atoms with Gasteiger partial charge in [0, 0.05) is 16.5 Å². The van der Waals surface area contributed by atoms with Crippen molar-refractivity contribution in [3.8, 4) is 0 Å². The van der Waals surface area contributed by atoms with Gasteiger partial charge in [0.25, 0.3) is 0 Å². The van der Waals surface area contributed by atoms with Crippen molar-refractivity contribution in [1.29, 1.82) is 0 Å². The van der Waals surface area contributed by atoms with Crippen LogP contribution in [0.25, 0.3) is 32.3 Å². The fourth-order valence-corrected chi connectivity index (χ4v) is 5.48. The molecule has 182 valence electrons. The monoisotopic (exact) mass is 590 g/mol. The maximum absolute atomic E-state index is 12.6. The number of hydrogen-bond acceptors (Lipinski definition) is 3. The fraction of sp³-hybridized carbons (Fsp3) is 0.200. The lowest BCUT2D eigenvalue weighted by atomic mass is 9.90. The van der Waals surface area contributed by atoms with E-state index in [1.165, 1.54) is 37.9 Å². The molecule has 0 aliphatic rings. The zero-order valence-corrected chi connectivity index (χ0v) is 21.9. The van der Waals surface area contributed by atoms with E-state index in [0.717, 1.165) is 15.6 Å². The van der Waals surface area contributed by atoms with Gasteiger partial charge in [-0.3, -0.25) is 9.59 Å². The Kier molecular flexibility index (Phi) is 7.34. The number of carbonyl (C=O) groups is 2. The van der Waals surface area contributed by atoms with E-state index in [0.29, 0.717) is 13.0 Å². The minimum absolute atomic E-state index is 0.240. The Balaban J connectivity index is 1.20. The van der Waals surface area contributed by atoms with E-state index in [9.17, 15) is 14.7 Å². The highest BCUT2D eigenvalue weighted by Gasteiger charge is 2.19. The van der Waals surface area contributed by atoms with Crippen molar-refractivity contribution in [2.45, 2.75) is 31.8 Å². The lowest BCUT2D eigenvalue weighted by molar-refractivity contribution is -0.130. The smallest absolute Gasteiger partial charge is 0.245 e. The molecule has 1 atom stereocenters. The van der Waals surface area contributed by atoms with Gasteiger partial charge in [-0.15, -0.1) is 0 Å². The molecule has 0 spiro atoms. The van der Waals surface area contributed by atoms with Crippen LogP contribution in [0.4, 0.5) is 0 Å². The number of benzene rings is 5. The molecular formula is C30H27IN2O3. The van der Waals surface area contributed by atoms with Crippen molar-refractivity contribution in [2.24, 2.45) is 0 Å². The highest BCUT2D eigenvalue weighted by atomic mass is 127. The highest BCUT2D eigenvalue weighted by Crippen LogP contribution is 2.36. The molecule has 5 aromatic rings. The first-order valence-electron chi connectivity index (χ1n) is 12.1. The first-order valence-corrected chi connectivity index (χ1v) is 13.2. The molecular weight excluding hydrogens is 563 g/mol. The molecule has 0 heterocycles. The molecule has 6 heteroatoms. The van der Waals surface area contributed by atoms with E-state index in [4.69, 9.17) is 0 Å². The quantitative estimate of drug-likeness (QED) is 0.161. The summed E-state index contributed by atoms with van der Waals surface area (Å²) in [6.45, 7) is -0.102. The molecule has 0 bridgehead atoms. The highest BCUT2D eigenvalue weighted by molar-refractivity contribution is 14.1. The molecule has 0 saturated carbocycles. The number of rotatable bonds is 9. The van der Waals surface area contributed by atoms with E-state index >= 15 is 0 Å². The average molecular weight is 590 g/mol. The molecule has 2 amide bonds. The van der Waals surface area contributed by atoms with Gasteiger partial charge in [-0.2, -0.15) is 0 Å². The number of halogens is 1. The van der Waals surface area contributed by atoms with Crippen molar-refractivity contribution in [3.63, 3.8) is 0 Å². The molecule has 0 saturated heterocycles. The molecule has 5 nitrogen and oxygen atoms in total. The van der Waals surface area contributed by atoms with Crippen LogP contribution in [-0.4, -0.2) is 29.6 Å². The maximum atomic E-state index is 12.6. The summed E-state index contributed by atoms with van der Waals surface area (Å²) < 4.78 is 1.08. The molecule has 0 fully saturated rings. The van der Waals surface area contributed by atoms with Gasteiger partial charge < -0.3 is 15.7 Å². The average Bonchev–Trinajstić information content (AvgIpc) is 2.89. The van der Waals surface area contributed by atoms with Crippen LogP contribution in [0.15, 0.2) is 78.9 Å². The summed E-state index contributed by atoms with van der Waals surface area (Å²) in [5.41, 5.74) is 2.18. The topological polar surface area (TPSA) is 78.4 Å². The summed E-state index contributed by atoms with van der Waals surface area (Å²) in [5.74, 6) is -0.632. The summed E-state index contributed by atoms with van der Waals surface area (Å²) in [6.07, 6.45) is 1.69. The zero-order chi connectivity index (χ0) is 25.1. The van der Waals surface area contributed by atoms with Crippen molar-refractivity contribution in [3.05, 3.63) is 93.6 Å². The molecule has 0 aromatic heterocycles. The summed E-state index contributed by atoms with van der Waals surface area (Å²) in [7, 11) is 0. The Morgan fingerprint density at radius 1 is 0.861 bits per heavy atom. The Bertz CT molecular complexity index is 1530. The minimum atomic E-state index is -0.963. The van der Waals surface area contributed by atoms with E-state index in [-0.39, 0.29) is 12.3 Å². The molecule has 36 heavy (non-hydrogen) atoms. The second-order valence-corrected chi connectivity index (χ2v) is 10.3. The lowest BCUT2D eigenvalue weighted by Crippen LogP contribution is -2.48. The Hall–Kier alpha value is -3.23. The van der Waals surface area contributed by atoms with E-state index in [1.807, 2.05) is 24.3 Å². The van der Waals surface area contributed by atoms with Crippen LogP contribution < -0.4 is 10.6 Å². The van der Waals surface area contributed by atoms with Gasteiger partial charge in [0.05, 0.1) is 6.61 Å². The summed E-state index contributed by atoms with van der Waals surface area (Å²) >= 11 is 2.22. The van der Waals surface area contributed by atoms with Crippen LogP contribution in [0.3, 0.4) is 0 Å². The first-order chi connectivity index (χ1) is 17.5. The van der Waals surface area contributed by atoms with Crippen LogP contribution in [-0.2, 0) is 22.6 Å². The van der Waals surface area contributed by atoms with Gasteiger partial charge in [-0.05, 0) is 91.0 Å². The standard InChI is InChI=1S/C30H27IN2O3/c31-24-8-1-4-19(16-24)17-32-30(36)26(18-34)33-27(35)9-3-5-20-10-11-23-13-12-21-6-2-7-22-14-15-25(20)29(23)28(21)22/h1-2,4,6-8,10-16,26,34H,3,5,9,17-18H2,(H,32,36)(H,33,35)/t26-/m0/s1. The molecule has 0 radical (unpaired) electrons. The molecule has 0 aliphatic heterocycles. The molecule has 0 aliphatic carbocycles. The number of aliphatic hydroxyl groups excluding tert-OH is 1. The summed E-state index contributed by atoms with van der Waals surface area (Å²) in [4.78, 5) is 25.0. The SMILES string of the molecule is O=C(CCCc1ccc2ccc3cccc4ccc1c2c34)N[C@@H](CO)C(=O)NCc1cccc(I)c1. The number of amides is 2. The summed E-state index contributed by atoms with van der Waals surface area (Å²) in [5, 5.41) is 22.6. The van der Waals surface area contributed by atoms with Gasteiger partial charge in [0.2, 0.25) is 11.8 Å². The third kappa shape index (κ3) is 5.15. The van der Waals surface area contributed by atoms with Crippen LogP contribution in [0.2, 0.25) is 0 Å². The fourth-order valence-electron chi connectivity index (χ4n) is 4.87. The van der Waals surface area contributed by atoms with Crippen molar-refractivity contribution < 1.29 is 14.7 Å². The number of nitrogens with one attached hydrogen (secondary N) is 2. The van der Waals surface area contributed by atoms with Gasteiger partial charge in [-0.25, -0.2) is 0 Å². The van der Waals surface area contributed by atoms with Crippen molar-refractivity contribution in [2.75, 3.05) is 6.61 Å². The second-order valence-electron chi connectivity index (χ2n) is 9.08. The predicted octanol–water partition coefficient (Wildman–Crippen LogP) is 5.30. The first kappa shape index (κ1) is 24.5. The Morgan fingerprint density at radius 3 is 2.31 bits per heavy atom. The van der Waals surface area contributed by atoms with Gasteiger partial charge in [0.1, 0.15) is 6.04 Å². The third-order valence-electron chi connectivity index (χ3n) is 6.66. The number of aryl methyl sites for hydroxylation is 1. The largest absolute Gasteiger partial charge is 0.394 e. The van der Waals surface area contributed by atoms with E-state index in [2.05, 4.69) is 87.8 Å². The predicted molar refractivity (Wildman–Crippen MR) is 153 cm³/mol. The number of carbonyl (C=O) groups excluding carboxylic acids is 2. The lowest BCUT2D eigenvalue weighted by Gasteiger charge is -2.17. The Labute approximate surface area is 223 Å². The molecule has 5 aromatic carbocycles. The third-order valence-corrected chi connectivity index (χ3v) is 7.33. The van der Waals surface area contributed by atoms with E-state index in [1.54, 1.807) is 0 Å². The summed E-state index contributed by atoms with van der Waals surface area (Å²) in [6, 6.07) is 26.2. The van der Waals surface area contributed by atoms with Gasteiger partial charge >= 0.3 is 0 Å². The zero-order valence-electron chi connectivity index (χ0n) is 19.8. The molecule has 5 rings (SSSR count). The minimum Gasteiger partial charge on any atom is -0.394 e. The van der Waals surface area contributed by atoms with Crippen LogP contribution in [0.5, 0.6) is 0 Å². The molecule has 0 unspecified atom stereocenters. The van der Waals surface area contributed by atoms with Crippen molar-refractivity contribution >= 4 is 66.7 Å². The second kappa shape index (κ2) is 10.8. The number of hydrogen-bond donors (Lipinski definition) is 3. The Morgan fingerprint density at radius 2 is 1.56 bits per heavy atom.